The van der Waals surface area contributed by atoms with Crippen molar-refractivity contribution in [2.75, 3.05) is 20.2 Å². The molecule has 0 atom stereocenters. The molecule has 0 heterocycles. The Morgan fingerprint density at radius 3 is 2.71 bits per heavy atom. The van der Waals surface area contributed by atoms with Crippen LogP contribution in [0.3, 0.4) is 0 Å². The molecule has 0 amide bonds. The second kappa shape index (κ2) is 9.07. The summed E-state index contributed by atoms with van der Waals surface area (Å²) in [4.78, 5) is 4.47. The van der Waals surface area contributed by atoms with Crippen molar-refractivity contribution in [3.63, 3.8) is 0 Å². The van der Waals surface area contributed by atoms with E-state index in [1.165, 1.54) is 26.0 Å². The number of aliphatic imine (C=N–C) groups is 1. The van der Waals surface area contributed by atoms with Gasteiger partial charge >= 0.3 is 0 Å². The lowest BCUT2D eigenvalue weighted by Gasteiger charge is -2.11. The van der Waals surface area contributed by atoms with Crippen LogP contribution in [0.15, 0.2) is 23.2 Å². The number of halogens is 2. The van der Waals surface area contributed by atoms with Crippen LogP contribution >= 0.6 is 24.0 Å². The van der Waals surface area contributed by atoms with Gasteiger partial charge < -0.3 is 15.4 Å². The Labute approximate surface area is 142 Å². The molecular weight excluding hydrogens is 384 g/mol. The molecule has 1 fully saturated rings. The van der Waals surface area contributed by atoms with Gasteiger partial charge in [-0.15, -0.1) is 24.0 Å². The third-order valence-corrected chi connectivity index (χ3v) is 3.24. The van der Waals surface area contributed by atoms with Crippen molar-refractivity contribution >= 4 is 29.9 Å². The first-order valence-electron chi connectivity index (χ1n) is 7.07. The van der Waals surface area contributed by atoms with E-state index in [1.54, 1.807) is 6.07 Å². The number of hydrogen-bond acceptors (Lipinski definition) is 2. The third kappa shape index (κ3) is 6.07. The zero-order valence-corrected chi connectivity index (χ0v) is 14.8. The van der Waals surface area contributed by atoms with Crippen LogP contribution in [-0.2, 0) is 6.54 Å². The van der Waals surface area contributed by atoms with Gasteiger partial charge in [-0.25, -0.2) is 9.38 Å². The van der Waals surface area contributed by atoms with Crippen molar-refractivity contribution in [3.05, 3.63) is 29.6 Å². The zero-order valence-electron chi connectivity index (χ0n) is 12.5. The molecule has 1 saturated carbocycles. The Morgan fingerprint density at radius 1 is 1.38 bits per heavy atom. The molecule has 0 spiro atoms. The Bertz CT molecular complexity index is 478. The minimum absolute atomic E-state index is 0. The SMILES string of the molecule is CCNC(=NCc1ccc(OC)c(F)c1)NCC1CC1.I. The molecule has 21 heavy (non-hydrogen) atoms. The average Bonchev–Trinajstić information content (AvgIpc) is 3.26. The van der Waals surface area contributed by atoms with E-state index in [0.717, 1.165) is 30.5 Å². The summed E-state index contributed by atoms with van der Waals surface area (Å²) in [5.74, 6) is 1.49. The van der Waals surface area contributed by atoms with Crippen molar-refractivity contribution in [1.29, 1.82) is 0 Å². The van der Waals surface area contributed by atoms with Crippen LogP contribution in [0.1, 0.15) is 25.3 Å². The summed E-state index contributed by atoms with van der Waals surface area (Å²) in [5.41, 5.74) is 0.826. The number of guanidine groups is 1. The van der Waals surface area contributed by atoms with Gasteiger partial charge in [-0.2, -0.15) is 0 Å². The van der Waals surface area contributed by atoms with Gasteiger partial charge in [0.1, 0.15) is 0 Å². The van der Waals surface area contributed by atoms with Crippen LogP contribution in [0, 0.1) is 11.7 Å². The summed E-state index contributed by atoms with van der Waals surface area (Å²) >= 11 is 0. The molecule has 0 saturated heterocycles. The quantitative estimate of drug-likeness (QED) is 0.433. The molecule has 1 aliphatic carbocycles. The van der Waals surface area contributed by atoms with E-state index < -0.39 is 0 Å². The smallest absolute Gasteiger partial charge is 0.191 e. The highest BCUT2D eigenvalue weighted by molar-refractivity contribution is 14.0. The maximum atomic E-state index is 13.6. The van der Waals surface area contributed by atoms with Crippen molar-refractivity contribution in [2.45, 2.75) is 26.3 Å². The monoisotopic (exact) mass is 407 g/mol. The fourth-order valence-corrected chi connectivity index (χ4v) is 1.88. The summed E-state index contributed by atoms with van der Waals surface area (Å²) < 4.78 is 18.5. The number of methoxy groups -OCH3 is 1. The topological polar surface area (TPSA) is 45.7 Å². The van der Waals surface area contributed by atoms with Crippen LogP contribution in [-0.4, -0.2) is 26.2 Å². The number of nitrogens with one attached hydrogen (secondary N) is 2. The molecule has 2 rings (SSSR count). The molecule has 1 aliphatic rings. The van der Waals surface area contributed by atoms with E-state index in [0.29, 0.717) is 6.54 Å². The first-order chi connectivity index (χ1) is 9.72. The van der Waals surface area contributed by atoms with E-state index in [2.05, 4.69) is 15.6 Å². The average molecular weight is 407 g/mol. The highest BCUT2D eigenvalue weighted by atomic mass is 127. The Balaban J connectivity index is 0.00000220. The van der Waals surface area contributed by atoms with Crippen molar-refractivity contribution in [1.82, 2.24) is 10.6 Å². The third-order valence-electron chi connectivity index (χ3n) is 3.24. The van der Waals surface area contributed by atoms with Crippen LogP contribution in [0.5, 0.6) is 5.75 Å². The zero-order chi connectivity index (χ0) is 14.4. The molecule has 0 aromatic heterocycles. The highest BCUT2D eigenvalue weighted by Gasteiger charge is 2.20. The normalized spacial score (nSPS) is 14.3. The van der Waals surface area contributed by atoms with E-state index in [1.807, 2.05) is 13.0 Å². The molecule has 2 N–H and O–H groups in total. The van der Waals surface area contributed by atoms with Crippen LogP contribution in [0.2, 0.25) is 0 Å². The summed E-state index contributed by atoms with van der Waals surface area (Å²) in [6, 6.07) is 4.92. The van der Waals surface area contributed by atoms with Crippen molar-refractivity contribution < 1.29 is 9.13 Å². The van der Waals surface area contributed by atoms with E-state index in [4.69, 9.17) is 4.74 Å². The first-order valence-corrected chi connectivity index (χ1v) is 7.07. The van der Waals surface area contributed by atoms with Crippen LogP contribution < -0.4 is 15.4 Å². The second-order valence-electron chi connectivity index (χ2n) is 4.99. The number of hydrogen-bond donors (Lipinski definition) is 2. The Kier molecular flexibility index (Phi) is 7.77. The second-order valence-corrected chi connectivity index (χ2v) is 4.99. The van der Waals surface area contributed by atoms with Crippen molar-refractivity contribution in [3.8, 4) is 5.75 Å². The van der Waals surface area contributed by atoms with E-state index >= 15 is 0 Å². The number of rotatable bonds is 6. The largest absolute Gasteiger partial charge is 0.494 e. The van der Waals surface area contributed by atoms with Gasteiger partial charge in [-0.3, -0.25) is 0 Å². The minimum atomic E-state index is -0.351. The molecule has 1 aromatic carbocycles. The Morgan fingerprint density at radius 2 is 2.14 bits per heavy atom. The summed E-state index contributed by atoms with van der Waals surface area (Å²) in [7, 11) is 1.46. The van der Waals surface area contributed by atoms with Gasteiger partial charge in [0.25, 0.3) is 0 Å². The maximum absolute atomic E-state index is 13.6. The van der Waals surface area contributed by atoms with Gasteiger partial charge in [0.2, 0.25) is 0 Å². The lowest BCUT2D eigenvalue weighted by atomic mass is 10.2. The van der Waals surface area contributed by atoms with Crippen LogP contribution in [0.4, 0.5) is 4.39 Å². The lowest BCUT2D eigenvalue weighted by molar-refractivity contribution is 0.386. The molecule has 0 radical (unpaired) electrons. The lowest BCUT2D eigenvalue weighted by Crippen LogP contribution is -2.38. The number of ether oxygens (including phenoxy) is 1. The number of benzene rings is 1. The van der Waals surface area contributed by atoms with Gasteiger partial charge in [0.15, 0.2) is 17.5 Å². The maximum Gasteiger partial charge on any atom is 0.191 e. The molecule has 4 nitrogen and oxygen atoms in total. The molecule has 0 bridgehead atoms. The van der Waals surface area contributed by atoms with E-state index in [9.17, 15) is 4.39 Å². The van der Waals surface area contributed by atoms with Crippen molar-refractivity contribution in [2.24, 2.45) is 10.9 Å². The predicted molar refractivity (Wildman–Crippen MR) is 93.9 cm³/mol. The summed E-state index contributed by atoms with van der Waals surface area (Å²) in [5, 5.41) is 6.50. The fraction of sp³-hybridized carbons (Fsp3) is 0.533. The highest BCUT2D eigenvalue weighted by Crippen LogP contribution is 2.27. The van der Waals surface area contributed by atoms with Gasteiger partial charge in [0.05, 0.1) is 13.7 Å². The fourth-order valence-electron chi connectivity index (χ4n) is 1.88. The minimum Gasteiger partial charge on any atom is -0.494 e. The molecule has 118 valence electrons. The summed E-state index contributed by atoms with van der Waals surface area (Å²) in [6.45, 7) is 4.25. The van der Waals surface area contributed by atoms with E-state index in [-0.39, 0.29) is 35.5 Å². The Hall–Kier alpha value is -1.05. The predicted octanol–water partition coefficient (Wildman–Crippen LogP) is 2.92. The standard InChI is InChI=1S/C15H22FN3O.HI/c1-3-17-15(18-9-11-4-5-11)19-10-12-6-7-14(20-2)13(16)8-12;/h6-8,11H,3-5,9-10H2,1-2H3,(H2,17,18,19);1H. The molecule has 1 aromatic rings. The van der Waals surface area contributed by atoms with Gasteiger partial charge in [-0.05, 0) is 43.4 Å². The molecule has 0 aliphatic heterocycles. The molecular formula is C15H23FIN3O. The number of nitrogens with zero attached hydrogens (tertiary/aromatic N) is 1. The van der Waals surface area contributed by atoms with Gasteiger partial charge in [0, 0.05) is 13.1 Å². The van der Waals surface area contributed by atoms with Gasteiger partial charge in [-0.1, -0.05) is 6.07 Å². The molecule has 0 unspecified atom stereocenters. The summed E-state index contributed by atoms with van der Waals surface area (Å²) in [6.07, 6.45) is 2.60. The molecule has 6 heteroatoms. The van der Waals surface area contributed by atoms with Crippen LogP contribution in [0.25, 0.3) is 0 Å². The first kappa shape index (κ1) is 18.0.